The van der Waals surface area contributed by atoms with Crippen molar-refractivity contribution in [3.63, 3.8) is 0 Å². The lowest BCUT2D eigenvalue weighted by Gasteiger charge is -2.37. The summed E-state index contributed by atoms with van der Waals surface area (Å²) in [5.74, 6) is -0.400. The lowest BCUT2D eigenvalue weighted by atomic mass is 9.93. The number of nitrogens with one attached hydrogen (secondary N) is 1. The second-order valence-corrected chi connectivity index (χ2v) is 8.15. The molecule has 1 saturated carbocycles. The third-order valence-electron chi connectivity index (χ3n) is 5.66. The number of aliphatic imine (C=N–C) groups is 1. The molecule has 0 aromatic heterocycles. The van der Waals surface area contributed by atoms with E-state index in [4.69, 9.17) is 23.8 Å². The van der Waals surface area contributed by atoms with Crippen LogP contribution in [0.2, 0.25) is 5.02 Å². The van der Waals surface area contributed by atoms with Gasteiger partial charge in [0.15, 0.2) is 5.11 Å². The summed E-state index contributed by atoms with van der Waals surface area (Å²) in [7, 11) is 0. The Morgan fingerprint density at radius 1 is 1.18 bits per heavy atom. The monoisotopic (exact) mass is 419 g/mol. The molecule has 1 aliphatic heterocycles. The fourth-order valence-corrected chi connectivity index (χ4v) is 4.60. The van der Waals surface area contributed by atoms with Crippen LogP contribution in [0.3, 0.4) is 0 Å². The van der Waals surface area contributed by atoms with Crippen LogP contribution in [0.15, 0.2) is 41.4 Å². The van der Waals surface area contributed by atoms with Gasteiger partial charge in [0.2, 0.25) is 0 Å². The van der Waals surface area contributed by atoms with E-state index in [9.17, 15) is 8.78 Å². The van der Waals surface area contributed by atoms with Gasteiger partial charge in [0, 0.05) is 16.3 Å². The van der Waals surface area contributed by atoms with Crippen LogP contribution in [-0.2, 0) is 6.54 Å². The molecule has 2 aromatic carbocycles. The Kier molecular flexibility index (Phi) is 5.10. The van der Waals surface area contributed by atoms with Gasteiger partial charge in [-0.05, 0) is 61.8 Å². The molecule has 1 aliphatic carbocycles. The number of thiocarbonyl (C=S) groups is 1. The van der Waals surface area contributed by atoms with Gasteiger partial charge in [0.25, 0.3) is 0 Å². The normalized spacial score (nSPS) is 18.1. The molecular weight excluding hydrogens is 400 g/mol. The summed E-state index contributed by atoms with van der Waals surface area (Å²) < 4.78 is 28.5. The van der Waals surface area contributed by atoms with Gasteiger partial charge in [-0.2, -0.15) is 0 Å². The number of hydrogen-bond acceptors (Lipinski definition) is 2. The van der Waals surface area contributed by atoms with Gasteiger partial charge < -0.3 is 10.2 Å². The van der Waals surface area contributed by atoms with E-state index in [0.29, 0.717) is 10.1 Å². The Bertz CT molecular complexity index is 950. The molecule has 4 rings (SSSR count). The number of amidine groups is 1. The Morgan fingerprint density at radius 2 is 1.86 bits per heavy atom. The fraction of sp³-hybridized carbons (Fsp3) is 0.333. The third kappa shape index (κ3) is 3.29. The topological polar surface area (TPSA) is 27.6 Å². The number of rotatable bonds is 3. The maximum atomic E-state index is 14.3. The van der Waals surface area contributed by atoms with Crippen molar-refractivity contribution in [2.24, 2.45) is 4.99 Å². The van der Waals surface area contributed by atoms with Crippen LogP contribution in [0, 0.1) is 18.6 Å². The Balaban J connectivity index is 1.69. The summed E-state index contributed by atoms with van der Waals surface area (Å²) in [6.45, 7) is 2.04. The fourth-order valence-electron chi connectivity index (χ4n) is 4.10. The van der Waals surface area contributed by atoms with E-state index in [1.54, 1.807) is 0 Å². The van der Waals surface area contributed by atoms with Crippen molar-refractivity contribution >= 4 is 40.5 Å². The molecule has 1 fully saturated rings. The molecule has 2 aliphatic rings. The molecule has 2 aromatic rings. The van der Waals surface area contributed by atoms with E-state index in [1.807, 2.05) is 30.0 Å². The van der Waals surface area contributed by atoms with E-state index in [-0.39, 0.29) is 12.1 Å². The molecular formula is C21H20ClF2N3S. The van der Waals surface area contributed by atoms with E-state index >= 15 is 0 Å². The molecule has 3 nitrogen and oxygen atoms in total. The van der Waals surface area contributed by atoms with Gasteiger partial charge >= 0.3 is 0 Å². The van der Waals surface area contributed by atoms with E-state index in [0.717, 1.165) is 42.8 Å². The molecule has 0 amide bonds. The molecule has 1 N–H and O–H groups in total. The predicted octanol–water partition coefficient (Wildman–Crippen LogP) is 5.85. The summed E-state index contributed by atoms with van der Waals surface area (Å²) in [4.78, 5) is 6.48. The standard InChI is InChI=1S/C21H20ClF2N3S/c1-13-7-8-14(22)11-18(13)25-19-21(9-2-3-10-21)27(20(28)26-19)12-15-16(23)5-4-6-17(15)24/h4-8,11H,2-3,9-10,12H2,1H3,(H,25,26,28). The smallest absolute Gasteiger partial charge is 0.198 e. The Hall–Kier alpha value is -2.05. The second kappa shape index (κ2) is 7.41. The number of nitrogens with zero attached hydrogens (tertiary/aromatic N) is 2. The minimum absolute atomic E-state index is 0.0199. The highest BCUT2D eigenvalue weighted by Crippen LogP contribution is 2.42. The van der Waals surface area contributed by atoms with Gasteiger partial charge in [-0.15, -0.1) is 0 Å². The molecule has 1 heterocycles. The first-order valence-corrected chi connectivity index (χ1v) is 10.1. The van der Waals surface area contributed by atoms with Crippen LogP contribution in [0.1, 0.15) is 36.8 Å². The SMILES string of the molecule is Cc1ccc(Cl)cc1NC1=NC(=S)N(Cc2c(F)cccc2F)C12CCCC2. The van der Waals surface area contributed by atoms with E-state index in [2.05, 4.69) is 10.3 Å². The third-order valence-corrected chi connectivity index (χ3v) is 6.20. The zero-order valence-corrected chi connectivity index (χ0v) is 17.0. The predicted molar refractivity (Wildman–Crippen MR) is 113 cm³/mol. The number of halogens is 3. The van der Waals surface area contributed by atoms with Crippen molar-refractivity contribution in [3.05, 3.63) is 64.2 Å². The average molecular weight is 420 g/mol. The maximum Gasteiger partial charge on any atom is 0.198 e. The van der Waals surface area contributed by atoms with Crippen molar-refractivity contribution < 1.29 is 8.78 Å². The first-order chi connectivity index (χ1) is 13.4. The average Bonchev–Trinajstić information content (AvgIpc) is 3.23. The van der Waals surface area contributed by atoms with Crippen molar-refractivity contribution in [1.29, 1.82) is 0 Å². The highest BCUT2D eigenvalue weighted by atomic mass is 35.5. The van der Waals surface area contributed by atoms with Crippen molar-refractivity contribution in [1.82, 2.24) is 4.90 Å². The highest BCUT2D eigenvalue weighted by Gasteiger charge is 2.50. The first kappa shape index (κ1) is 19.3. The molecule has 7 heteroatoms. The summed E-state index contributed by atoms with van der Waals surface area (Å²) in [6.07, 6.45) is 3.67. The number of anilines is 1. The second-order valence-electron chi connectivity index (χ2n) is 7.35. The van der Waals surface area contributed by atoms with Crippen LogP contribution >= 0.6 is 23.8 Å². The molecule has 1 spiro atoms. The van der Waals surface area contributed by atoms with Gasteiger partial charge in [0.1, 0.15) is 23.0 Å². The lowest BCUT2D eigenvalue weighted by molar-refractivity contribution is 0.254. The Morgan fingerprint density at radius 3 is 2.54 bits per heavy atom. The van der Waals surface area contributed by atoms with E-state index < -0.39 is 17.2 Å². The Labute approximate surface area is 173 Å². The number of benzene rings is 2. The zero-order valence-electron chi connectivity index (χ0n) is 15.4. The molecule has 0 bridgehead atoms. The van der Waals surface area contributed by atoms with Crippen LogP contribution in [0.5, 0.6) is 0 Å². The summed E-state index contributed by atoms with van der Waals surface area (Å²) in [5, 5.41) is 4.39. The summed E-state index contributed by atoms with van der Waals surface area (Å²) >= 11 is 11.7. The molecule has 0 unspecified atom stereocenters. The van der Waals surface area contributed by atoms with Crippen molar-refractivity contribution in [2.75, 3.05) is 5.32 Å². The van der Waals surface area contributed by atoms with Crippen LogP contribution < -0.4 is 5.32 Å². The van der Waals surface area contributed by atoms with Gasteiger partial charge in [-0.3, -0.25) is 0 Å². The maximum absolute atomic E-state index is 14.3. The summed E-state index contributed by atoms with van der Waals surface area (Å²) in [6, 6.07) is 9.54. The van der Waals surface area contributed by atoms with Crippen LogP contribution in [0.4, 0.5) is 14.5 Å². The zero-order chi connectivity index (χ0) is 19.9. The quantitative estimate of drug-likeness (QED) is 0.632. The van der Waals surface area contributed by atoms with Crippen LogP contribution in [-0.4, -0.2) is 21.4 Å². The largest absolute Gasteiger partial charge is 0.341 e. The molecule has 146 valence electrons. The van der Waals surface area contributed by atoms with E-state index in [1.165, 1.54) is 18.2 Å². The van der Waals surface area contributed by atoms with Gasteiger partial charge in [-0.25, -0.2) is 13.8 Å². The molecule has 0 atom stereocenters. The van der Waals surface area contributed by atoms with Gasteiger partial charge in [0.05, 0.1) is 6.54 Å². The molecule has 0 radical (unpaired) electrons. The van der Waals surface area contributed by atoms with Crippen molar-refractivity contribution in [3.8, 4) is 0 Å². The van der Waals surface area contributed by atoms with Crippen molar-refractivity contribution in [2.45, 2.75) is 44.7 Å². The number of aryl methyl sites for hydroxylation is 1. The first-order valence-electron chi connectivity index (χ1n) is 9.27. The lowest BCUT2D eigenvalue weighted by Crippen LogP contribution is -2.51. The minimum Gasteiger partial charge on any atom is -0.341 e. The molecule has 28 heavy (non-hydrogen) atoms. The van der Waals surface area contributed by atoms with Gasteiger partial charge in [-0.1, -0.05) is 36.6 Å². The summed E-state index contributed by atoms with van der Waals surface area (Å²) in [5.41, 5.74) is 1.44. The molecule has 0 saturated heterocycles. The highest BCUT2D eigenvalue weighted by molar-refractivity contribution is 7.80. The van der Waals surface area contributed by atoms with Crippen LogP contribution in [0.25, 0.3) is 0 Å². The minimum atomic E-state index is -0.567. The number of hydrogen-bond donors (Lipinski definition) is 1.